The highest BCUT2D eigenvalue weighted by Crippen LogP contribution is 2.23. The molecule has 2 fully saturated rings. The number of nitrogens with zero attached hydrogens (tertiary/aromatic N) is 3. The number of nitrogens with one attached hydrogen (secondary N) is 1. The summed E-state index contributed by atoms with van der Waals surface area (Å²) in [4.78, 5) is 9.51. The molecule has 0 radical (unpaired) electrons. The van der Waals surface area contributed by atoms with Gasteiger partial charge in [-0.3, -0.25) is 0 Å². The minimum atomic E-state index is -0.0591. The third-order valence-corrected chi connectivity index (χ3v) is 6.03. The van der Waals surface area contributed by atoms with Crippen molar-refractivity contribution in [2.24, 2.45) is 0 Å². The highest BCUT2D eigenvalue weighted by Gasteiger charge is 2.21. The van der Waals surface area contributed by atoms with E-state index in [-0.39, 0.29) is 6.10 Å². The molecule has 130 valence electrons. The molecule has 0 atom stereocenters. The molecule has 0 bridgehead atoms. The van der Waals surface area contributed by atoms with Gasteiger partial charge in [0.25, 0.3) is 0 Å². The molecule has 2 aliphatic heterocycles. The first-order valence-corrected chi connectivity index (χ1v) is 9.89. The molecule has 0 aromatic carbocycles. The predicted octanol–water partition coefficient (Wildman–Crippen LogP) is 1.86. The molecule has 1 aromatic heterocycles. The van der Waals surface area contributed by atoms with Crippen LogP contribution in [0.4, 0.5) is 5.13 Å². The van der Waals surface area contributed by atoms with E-state index in [9.17, 15) is 5.11 Å². The van der Waals surface area contributed by atoms with E-state index in [1.807, 2.05) is 0 Å². The van der Waals surface area contributed by atoms with E-state index in [0.717, 1.165) is 57.8 Å². The Morgan fingerprint density at radius 3 is 2.61 bits per heavy atom. The van der Waals surface area contributed by atoms with E-state index in [0.29, 0.717) is 6.04 Å². The van der Waals surface area contributed by atoms with Gasteiger partial charge in [-0.2, -0.15) is 0 Å². The average molecular weight is 339 g/mol. The van der Waals surface area contributed by atoms with Crippen molar-refractivity contribution in [3.63, 3.8) is 0 Å². The highest BCUT2D eigenvalue weighted by molar-refractivity contribution is 7.13. The number of aliphatic hydroxyl groups excluding tert-OH is 1. The Morgan fingerprint density at radius 2 is 1.96 bits per heavy atom. The summed E-state index contributed by atoms with van der Waals surface area (Å²) in [6.45, 7) is 8.71. The van der Waals surface area contributed by atoms with Crippen molar-refractivity contribution < 1.29 is 5.11 Å². The minimum Gasteiger partial charge on any atom is -0.393 e. The summed E-state index contributed by atoms with van der Waals surface area (Å²) in [7, 11) is 0. The lowest BCUT2D eigenvalue weighted by Gasteiger charge is -2.33. The second kappa shape index (κ2) is 8.42. The van der Waals surface area contributed by atoms with Crippen LogP contribution in [0, 0.1) is 6.92 Å². The number of aromatic nitrogens is 1. The number of hydrogen-bond donors (Lipinski definition) is 2. The molecular weight excluding hydrogens is 308 g/mol. The molecule has 5 nitrogen and oxygen atoms in total. The standard InChI is InChI=1S/C17H30N4OS/c1-14-13-23-17(19-14)21-11-3-15(4-12-21)18-7-2-8-20-9-5-16(22)6-10-20/h13,15-16,18,22H,2-12H2,1H3. The zero-order chi connectivity index (χ0) is 16.1. The summed E-state index contributed by atoms with van der Waals surface area (Å²) >= 11 is 1.77. The van der Waals surface area contributed by atoms with Crippen LogP contribution in [-0.4, -0.2) is 66.4 Å². The Kier molecular flexibility index (Phi) is 6.28. The van der Waals surface area contributed by atoms with Gasteiger partial charge in [-0.1, -0.05) is 0 Å². The molecule has 1 aromatic rings. The van der Waals surface area contributed by atoms with E-state index in [2.05, 4.69) is 32.4 Å². The Morgan fingerprint density at radius 1 is 1.22 bits per heavy atom. The van der Waals surface area contributed by atoms with Crippen molar-refractivity contribution in [2.45, 2.75) is 51.2 Å². The Hall–Kier alpha value is -0.690. The lowest BCUT2D eigenvalue weighted by atomic mass is 10.1. The molecule has 0 saturated carbocycles. The Balaban J connectivity index is 1.27. The van der Waals surface area contributed by atoms with Crippen LogP contribution in [0.5, 0.6) is 0 Å². The number of hydrogen-bond acceptors (Lipinski definition) is 6. The quantitative estimate of drug-likeness (QED) is 0.776. The fraction of sp³-hybridized carbons (Fsp3) is 0.824. The van der Waals surface area contributed by atoms with Gasteiger partial charge in [0.05, 0.1) is 11.8 Å². The molecule has 23 heavy (non-hydrogen) atoms. The van der Waals surface area contributed by atoms with E-state index in [1.54, 1.807) is 11.3 Å². The monoisotopic (exact) mass is 338 g/mol. The minimum absolute atomic E-state index is 0.0591. The number of thiazole rings is 1. The lowest BCUT2D eigenvalue weighted by molar-refractivity contribution is 0.0820. The fourth-order valence-electron chi connectivity index (χ4n) is 3.51. The maximum absolute atomic E-state index is 9.53. The normalized spacial score (nSPS) is 21.9. The molecule has 3 heterocycles. The van der Waals surface area contributed by atoms with Crippen molar-refractivity contribution in [3.05, 3.63) is 11.1 Å². The van der Waals surface area contributed by atoms with Crippen LogP contribution < -0.4 is 10.2 Å². The molecule has 2 N–H and O–H groups in total. The number of aryl methyl sites for hydroxylation is 1. The molecule has 0 amide bonds. The summed E-state index contributed by atoms with van der Waals surface area (Å²) in [5, 5.41) is 16.6. The smallest absolute Gasteiger partial charge is 0.185 e. The van der Waals surface area contributed by atoms with Crippen LogP contribution in [0.25, 0.3) is 0 Å². The van der Waals surface area contributed by atoms with Gasteiger partial charge in [0.15, 0.2) is 5.13 Å². The molecule has 2 aliphatic rings. The second-order valence-corrected chi connectivity index (χ2v) is 7.75. The maximum atomic E-state index is 9.53. The molecule has 0 spiro atoms. The van der Waals surface area contributed by atoms with E-state index in [4.69, 9.17) is 0 Å². The number of anilines is 1. The summed E-state index contributed by atoms with van der Waals surface area (Å²) in [6, 6.07) is 0.662. The summed E-state index contributed by atoms with van der Waals surface area (Å²) in [6.07, 6.45) is 5.48. The Bertz CT molecular complexity index is 465. The van der Waals surface area contributed by atoms with Crippen LogP contribution in [0.2, 0.25) is 0 Å². The second-order valence-electron chi connectivity index (χ2n) is 6.91. The van der Waals surface area contributed by atoms with Crippen LogP contribution in [0.3, 0.4) is 0 Å². The first-order chi connectivity index (χ1) is 11.2. The lowest BCUT2D eigenvalue weighted by Crippen LogP contribution is -2.43. The SMILES string of the molecule is Cc1csc(N2CCC(NCCCN3CCC(O)CC3)CC2)n1. The molecule has 2 saturated heterocycles. The van der Waals surface area contributed by atoms with E-state index in [1.165, 1.54) is 24.4 Å². The average Bonchev–Trinajstić information content (AvgIpc) is 3.00. The summed E-state index contributed by atoms with van der Waals surface area (Å²) in [5.41, 5.74) is 1.13. The number of aliphatic hydroxyl groups is 1. The van der Waals surface area contributed by atoms with Crippen LogP contribution in [0.15, 0.2) is 5.38 Å². The van der Waals surface area contributed by atoms with Crippen LogP contribution in [-0.2, 0) is 0 Å². The van der Waals surface area contributed by atoms with Crippen molar-refractivity contribution >= 4 is 16.5 Å². The van der Waals surface area contributed by atoms with E-state index < -0.39 is 0 Å². The van der Waals surface area contributed by atoms with Gasteiger partial charge in [-0.25, -0.2) is 4.98 Å². The zero-order valence-corrected chi connectivity index (χ0v) is 15.0. The largest absolute Gasteiger partial charge is 0.393 e. The topological polar surface area (TPSA) is 51.6 Å². The van der Waals surface area contributed by atoms with Crippen LogP contribution >= 0.6 is 11.3 Å². The van der Waals surface area contributed by atoms with Crippen molar-refractivity contribution in [3.8, 4) is 0 Å². The van der Waals surface area contributed by atoms with Gasteiger partial charge >= 0.3 is 0 Å². The summed E-state index contributed by atoms with van der Waals surface area (Å²) in [5.74, 6) is 0. The van der Waals surface area contributed by atoms with Crippen molar-refractivity contribution in [2.75, 3.05) is 44.2 Å². The van der Waals surface area contributed by atoms with Gasteiger partial charge in [0.1, 0.15) is 0 Å². The maximum Gasteiger partial charge on any atom is 0.185 e. The third-order valence-electron chi connectivity index (χ3n) is 5.01. The summed E-state index contributed by atoms with van der Waals surface area (Å²) < 4.78 is 0. The highest BCUT2D eigenvalue weighted by atomic mass is 32.1. The Labute approximate surface area is 143 Å². The number of rotatable bonds is 6. The van der Waals surface area contributed by atoms with E-state index >= 15 is 0 Å². The van der Waals surface area contributed by atoms with Crippen LogP contribution in [0.1, 0.15) is 37.8 Å². The van der Waals surface area contributed by atoms with Crippen molar-refractivity contribution in [1.82, 2.24) is 15.2 Å². The zero-order valence-electron chi connectivity index (χ0n) is 14.2. The predicted molar refractivity (Wildman–Crippen MR) is 96.4 cm³/mol. The van der Waals surface area contributed by atoms with Gasteiger partial charge in [-0.15, -0.1) is 11.3 Å². The van der Waals surface area contributed by atoms with Gasteiger partial charge < -0.3 is 20.2 Å². The molecule has 0 unspecified atom stereocenters. The number of piperidine rings is 2. The first kappa shape index (κ1) is 17.1. The molecule has 3 rings (SSSR count). The van der Waals surface area contributed by atoms with Gasteiger partial charge in [-0.05, 0) is 52.1 Å². The van der Waals surface area contributed by atoms with Crippen molar-refractivity contribution in [1.29, 1.82) is 0 Å². The van der Waals surface area contributed by atoms with Gasteiger partial charge in [0.2, 0.25) is 0 Å². The number of likely N-dealkylation sites (tertiary alicyclic amines) is 1. The van der Waals surface area contributed by atoms with Gasteiger partial charge in [0, 0.05) is 37.6 Å². The molecular formula is C17H30N4OS. The third kappa shape index (κ3) is 5.14. The molecule has 6 heteroatoms. The fourth-order valence-corrected chi connectivity index (χ4v) is 4.37. The molecule has 0 aliphatic carbocycles. The first-order valence-electron chi connectivity index (χ1n) is 9.01.